The molecule has 2 rings (SSSR count). The van der Waals surface area contributed by atoms with Gasteiger partial charge in [-0.05, 0) is 31.1 Å². The number of halogens is 3. The van der Waals surface area contributed by atoms with Gasteiger partial charge in [0.25, 0.3) is 5.91 Å². The van der Waals surface area contributed by atoms with E-state index < -0.39 is 38.0 Å². The van der Waals surface area contributed by atoms with Crippen molar-refractivity contribution in [3.05, 3.63) is 0 Å². The minimum Gasteiger partial charge on any atom is -0.454 e. The molecule has 10 heteroatoms. The van der Waals surface area contributed by atoms with Crippen molar-refractivity contribution in [1.29, 1.82) is 0 Å². The molecule has 0 bridgehead atoms. The highest BCUT2D eigenvalue weighted by Gasteiger charge is 2.39. The number of carbonyl (C=O) groups excluding carboxylic acids is 3. The van der Waals surface area contributed by atoms with E-state index in [9.17, 15) is 27.6 Å². The normalized spacial score (nSPS) is 25.3. The van der Waals surface area contributed by atoms with Crippen molar-refractivity contribution in [3.63, 3.8) is 0 Å². The van der Waals surface area contributed by atoms with E-state index in [-0.39, 0.29) is 11.9 Å². The maximum atomic E-state index is 12.4. The van der Waals surface area contributed by atoms with Gasteiger partial charge in [0.15, 0.2) is 13.2 Å². The van der Waals surface area contributed by atoms with Crippen LogP contribution in [0.15, 0.2) is 0 Å². The number of alkyl carbamates (subject to hydrolysis) is 1. The van der Waals surface area contributed by atoms with E-state index in [0.29, 0.717) is 18.4 Å². The molecule has 154 valence electrons. The monoisotopic (exact) mass is 394 g/mol. The summed E-state index contributed by atoms with van der Waals surface area (Å²) in [5.41, 5.74) is 0. The first-order valence-corrected chi connectivity index (χ1v) is 9.10. The summed E-state index contributed by atoms with van der Waals surface area (Å²) in [6.07, 6.45) is -0.841. The van der Waals surface area contributed by atoms with Crippen molar-refractivity contribution in [2.45, 2.75) is 51.2 Å². The van der Waals surface area contributed by atoms with Gasteiger partial charge in [-0.2, -0.15) is 13.2 Å². The molecule has 1 aliphatic heterocycles. The van der Waals surface area contributed by atoms with Crippen LogP contribution in [0.2, 0.25) is 0 Å². The van der Waals surface area contributed by atoms with Gasteiger partial charge >= 0.3 is 18.2 Å². The number of hydrogen-bond donors (Lipinski definition) is 1. The van der Waals surface area contributed by atoms with E-state index in [0.717, 1.165) is 25.7 Å². The van der Waals surface area contributed by atoms with E-state index in [1.807, 2.05) is 5.32 Å². The molecule has 1 saturated heterocycles. The van der Waals surface area contributed by atoms with Gasteiger partial charge in [0.05, 0.1) is 0 Å². The molecule has 1 N–H and O–H groups in total. The smallest absolute Gasteiger partial charge is 0.422 e. The first-order valence-electron chi connectivity index (χ1n) is 9.10. The number of nitrogens with zero attached hydrogens (tertiary/aromatic N) is 1. The number of carbonyl (C=O) groups is 3. The summed E-state index contributed by atoms with van der Waals surface area (Å²) in [5.74, 6) is -0.171. The van der Waals surface area contributed by atoms with Gasteiger partial charge in [0.2, 0.25) is 0 Å². The van der Waals surface area contributed by atoms with E-state index in [1.54, 1.807) is 4.90 Å². The molecule has 2 aliphatic rings. The van der Waals surface area contributed by atoms with Gasteiger partial charge in [0.1, 0.15) is 6.54 Å². The highest BCUT2D eigenvalue weighted by molar-refractivity contribution is 5.83. The zero-order valence-electron chi connectivity index (χ0n) is 15.2. The predicted octanol–water partition coefficient (Wildman–Crippen LogP) is 2.25. The Bertz CT molecular complexity index is 555. The first kappa shape index (κ1) is 21.3. The molecule has 2 amide bonds. The molecule has 0 aromatic heterocycles. The Labute approximate surface area is 155 Å². The average Bonchev–Trinajstić information content (AvgIpc) is 2.62. The minimum absolute atomic E-state index is 0.171. The van der Waals surface area contributed by atoms with E-state index >= 15 is 0 Å². The average molecular weight is 394 g/mol. The van der Waals surface area contributed by atoms with Crippen LogP contribution in [0.5, 0.6) is 0 Å². The van der Waals surface area contributed by atoms with Crippen LogP contribution >= 0.6 is 0 Å². The zero-order chi connectivity index (χ0) is 20.0. The number of rotatable bonds is 5. The molecule has 27 heavy (non-hydrogen) atoms. The Balaban J connectivity index is 1.71. The summed E-state index contributed by atoms with van der Waals surface area (Å²) in [5, 5.41) is 1.85. The van der Waals surface area contributed by atoms with Gasteiger partial charge in [0, 0.05) is 12.6 Å². The largest absolute Gasteiger partial charge is 0.454 e. The van der Waals surface area contributed by atoms with Crippen molar-refractivity contribution in [2.75, 3.05) is 26.3 Å². The highest BCUT2D eigenvalue weighted by atomic mass is 19.4. The topological polar surface area (TPSA) is 84.9 Å². The third-order valence-corrected chi connectivity index (χ3v) is 5.16. The lowest BCUT2D eigenvalue weighted by Gasteiger charge is -2.47. The van der Waals surface area contributed by atoms with Gasteiger partial charge in [-0.3, -0.25) is 9.59 Å². The SMILES string of the molecule is C[C@@H]1CCN(C(=O)COC(=O)CNC(=O)OCC(F)(F)F)[C@@H]2CCCC[C@H]12. The Morgan fingerprint density at radius 2 is 1.81 bits per heavy atom. The fourth-order valence-corrected chi connectivity index (χ4v) is 3.84. The minimum atomic E-state index is -4.65. The van der Waals surface area contributed by atoms with E-state index in [4.69, 9.17) is 4.74 Å². The van der Waals surface area contributed by atoms with Crippen molar-refractivity contribution in [1.82, 2.24) is 10.2 Å². The standard InChI is InChI=1S/C17H25F3N2O5/c1-11-6-7-22(13-5-3-2-4-12(11)13)14(23)9-26-15(24)8-21-16(25)27-10-17(18,19)20/h11-13H,2-10H2,1H3,(H,21,25)/t11-,12-,13-/m1/s1. The van der Waals surface area contributed by atoms with Gasteiger partial charge in [-0.1, -0.05) is 19.8 Å². The van der Waals surface area contributed by atoms with Crippen LogP contribution in [0.4, 0.5) is 18.0 Å². The second-order valence-corrected chi connectivity index (χ2v) is 7.07. The Morgan fingerprint density at radius 1 is 1.11 bits per heavy atom. The van der Waals surface area contributed by atoms with Crippen molar-refractivity contribution < 1.29 is 37.0 Å². The summed E-state index contributed by atoms with van der Waals surface area (Å²) in [4.78, 5) is 36.8. The maximum Gasteiger partial charge on any atom is 0.422 e. The lowest BCUT2D eigenvalue weighted by atomic mass is 9.72. The maximum absolute atomic E-state index is 12.4. The molecular weight excluding hydrogens is 369 g/mol. The second kappa shape index (κ2) is 9.27. The molecule has 1 saturated carbocycles. The van der Waals surface area contributed by atoms with Crippen LogP contribution in [0.3, 0.4) is 0 Å². The zero-order valence-corrected chi connectivity index (χ0v) is 15.2. The molecule has 0 spiro atoms. The Kier molecular flexibility index (Phi) is 7.32. The van der Waals surface area contributed by atoms with Crippen LogP contribution < -0.4 is 5.32 Å². The van der Waals surface area contributed by atoms with Crippen molar-refractivity contribution >= 4 is 18.0 Å². The Morgan fingerprint density at radius 3 is 2.52 bits per heavy atom. The van der Waals surface area contributed by atoms with E-state index in [2.05, 4.69) is 11.7 Å². The third kappa shape index (κ3) is 6.59. The van der Waals surface area contributed by atoms with Crippen molar-refractivity contribution in [2.24, 2.45) is 11.8 Å². The molecule has 3 atom stereocenters. The van der Waals surface area contributed by atoms with Gasteiger partial charge < -0.3 is 19.7 Å². The highest BCUT2D eigenvalue weighted by Crippen LogP contribution is 2.38. The van der Waals surface area contributed by atoms with Crippen LogP contribution in [0, 0.1) is 11.8 Å². The summed E-state index contributed by atoms with van der Waals surface area (Å²) in [6.45, 7) is -0.0415. The van der Waals surface area contributed by atoms with Gasteiger partial charge in [-0.25, -0.2) is 4.79 Å². The molecule has 0 radical (unpaired) electrons. The predicted molar refractivity (Wildman–Crippen MR) is 87.6 cm³/mol. The number of fused-ring (bicyclic) bond motifs is 1. The van der Waals surface area contributed by atoms with Crippen LogP contribution in [-0.2, 0) is 19.1 Å². The number of nitrogens with one attached hydrogen (secondary N) is 1. The number of esters is 1. The molecule has 1 aliphatic carbocycles. The molecule has 2 fully saturated rings. The molecule has 0 unspecified atom stereocenters. The molecule has 7 nitrogen and oxygen atoms in total. The van der Waals surface area contributed by atoms with Crippen molar-refractivity contribution in [3.8, 4) is 0 Å². The summed E-state index contributed by atoms with van der Waals surface area (Å²) in [7, 11) is 0. The number of likely N-dealkylation sites (tertiary alicyclic amines) is 1. The number of amides is 2. The fraction of sp³-hybridized carbons (Fsp3) is 0.824. The van der Waals surface area contributed by atoms with Crippen LogP contribution in [0.1, 0.15) is 39.0 Å². The number of hydrogen-bond acceptors (Lipinski definition) is 5. The lowest BCUT2D eigenvalue weighted by Crippen LogP contribution is -2.53. The number of alkyl halides is 3. The van der Waals surface area contributed by atoms with E-state index in [1.165, 1.54) is 6.42 Å². The number of ether oxygens (including phenoxy) is 2. The quantitative estimate of drug-likeness (QED) is 0.723. The second-order valence-electron chi connectivity index (χ2n) is 7.07. The van der Waals surface area contributed by atoms with Crippen LogP contribution in [0.25, 0.3) is 0 Å². The molecule has 0 aromatic carbocycles. The summed E-state index contributed by atoms with van der Waals surface area (Å²) in [6, 6.07) is 0.171. The first-order chi connectivity index (χ1) is 12.7. The molecule has 0 aromatic rings. The lowest BCUT2D eigenvalue weighted by molar-refractivity contribution is -0.160. The van der Waals surface area contributed by atoms with Gasteiger partial charge in [-0.15, -0.1) is 0 Å². The number of piperidine rings is 1. The molecular formula is C17H25F3N2O5. The Hall–Kier alpha value is -2.00. The fourth-order valence-electron chi connectivity index (χ4n) is 3.84. The van der Waals surface area contributed by atoms with Crippen LogP contribution in [-0.4, -0.2) is 61.4 Å². The summed E-state index contributed by atoms with van der Waals surface area (Å²) >= 11 is 0. The summed E-state index contributed by atoms with van der Waals surface area (Å²) < 4.78 is 44.4. The molecule has 1 heterocycles. The third-order valence-electron chi connectivity index (χ3n) is 5.16.